The molecule has 0 fully saturated rings. The molecule has 0 bridgehead atoms. The predicted molar refractivity (Wildman–Crippen MR) is 80.4 cm³/mol. The molecule has 0 spiro atoms. The first-order valence-corrected chi connectivity index (χ1v) is 7.94. The van der Waals surface area contributed by atoms with Crippen molar-refractivity contribution in [2.24, 2.45) is 0 Å². The zero-order valence-corrected chi connectivity index (χ0v) is 13.6. The maximum absolute atomic E-state index is 12.6. The van der Waals surface area contributed by atoms with E-state index in [9.17, 15) is 4.79 Å². The van der Waals surface area contributed by atoms with Crippen LogP contribution in [0.15, 0.2) is 0 Å². The predicted octanol–water partition coefficient (Wildman–Crippen LogP) is 2.13. The summed E-state index contributed by atoms with van der Waals surface area (Å²) in [6.45, 7) is 10.0. The molecule has 1 aliphatic heterocycles. The van der Waals surface area contributed by atoms with Gasteiger partial charge >= 0.3 is 0 Å². The van der Waals surface area contributed by atoms with Gasteiger partial charge in [0.1, 0.15) is 10.7 Å². The van der Waals surface area contributed by atoms with Crippen LogP contribution < -0.4 is 0 Å². The molecular formula is C14H19N5OS. The molecule has 2 aromatic heterocycles. The average Bonchev–Trinajstić information content (AvgIpc) is 3.00. The Morgan fingerprint density at radius 1 is 1.24 bits per heavy atom. The molecular weight excluding hydrogens is 286 g/mol. The lowest BCUT2D eigenvalue weighted by atomic mass is 10.2. The summed E-state index contributed by atoms with van der Waals surface area (Å²) < 4.78 is 2.14. The van der Waals surface area contributed by atoms with E-state index in [0.29, 0.717) is 19.0 Å². The summed E-state index contributed by atoms with van der Waals surface area (Å²) in [5.41, 5.74) is 0.817. The van der Waals surface area contributed by atoms with Gasteiger partial charge in [-0.15, -0.1) is 21.5 Å². The fraction of sp³-hybridized carbons (Fsp3) is 0.571. The van der Waals surface area contributed by atoms with Crippen LogP contribution in [0, 0.1) is 13.8 Å². The Morgan fingerprint density at radius 3 is 2.62 bits per heavy atom. The van der Waals surface area contributed by atoms with Crippen molar-refractivity contribution in [1.82, 2.24) is 24.6 Å². The van der Waals surface area contributed by atoms with Crippen LogP contribution in [0.4, 0.5) is 0 Å². The number of hydrogen-bond acceptors (Lipinski definition) is 5. The number of fused-ring (bicyclic) bond motifs is 1. The highest BCUT2D eigenvalue weighted by molar-refractivity contribution is 7.13. The van der Waals surface area contributed by atoms with Crippen LogP contribution in [0.5, 0.6) is 0 Å². The fourth-order valence-electron chi connectivity index (χ4n) is 2.65. The number of aromatic nitrogens is 4. The zero-order valence-electron chi connectivity index (χ0n) is 12.8. The number of nitrogens with zero attached hydrogens (tertiary/aromatic N) is 5. The van der Waals surface area contributed by atoms with Gasteiger partial charge in [0, 0.05) is 19.0 Å². The Kier molecular flexibility index (Phi) is 3.52. The number of carbonyl (C=O) groups excluding carboxylic acids is 1. The van der Waals surface area contributed by atoms with Crippen LogP contribution >= 0.6 is 11.3 Å². The van der Waals surface area contributed by atoms with Crippen molar-refractivity contribution in [3.63, 3.8) is 0 Å². The summed E-state index contributed by atoms with van der Waals surface area (Å²) in [7, 11) is 0. The topological polar surface area (TPSA) is 63.9 Å². The summed E-state index contributed by atoms with van der Waals surface area (Å²) >= 11 is 1.46. The van der Waals surface area contributed by atoms with E-state index in [-0.39, 0.29) is 5.91 Å². The molecule has 7 heteroatoms. The minimum absolute atomic E-state index is 0.0541. The van der Waals surface area contributed by atoms with Gasteiger partial charge < -0.3 is 9.47 Å². The Labute approximate surface area is 127 Å². The highest BCUT2D eigenvalue weighted by Gasteiger charge is 2.27. The lowest BCUT2D eigenvalue weighted by Crippen LogP contribution is -2.38. The van der Waals surface area contributed by atoms with Gasteiger partial charge in [-0.1, -0.05) is 13.8 Å². The molecule has 112 valence electrons. The molecule has 3 heterocycles. The van der Waals surface area contributed by atoms with Crippen molar-refractivity contribution in [2.45, 2.75) is 46.7 Å². The second kappa shape index (κ2) is 5.22. The van der Waals surface area contributed by atoms with Crippen molar-refractivity contribution in [3.8, 4) is 0 Å². The third-order valence-electron chi connectivity index (χ3n) is 3.68. The second-order valence-corrected chi connectivity index (χ2v) is 6.86. The van der Waals surface area contributed by atoms with Crippen molar-refractivity contribution >= 4 is 17.2 Å². The molecule has 1 amide bonds. The maximum atomic E-state index is 12.6. The summed E-state index contributed by atoms with van der Waals surface area (Å²) in [5.74, 6) is 2.28. The highest BCUT2D eigenvalue weighted by Crippen LogP contribution is 2.23. The zero-order chi connectivity index (χ0) is 15.1. The third-order valence-corrected chi connectivity index (χ3v) is 4.74. The molecule has 0 N–H and O–H groups in total. The van der Waals surface area contributed by atoms with Gasteiger partial charge in [-0.25, -0.2) is 4.98 Å². The lowest BCUT2D eigenvalue weighted by molar-refractivity contribution is 0.0710. The van der Waals surface area contributed by atoms with E-state index in [1.54, 1.807) is 0 Å². The number of rotatable bonds is 2. The van der Waals surface area contributed by atoms with Crippen LogP contribution in [0.3, 0.4) is 0 Å². The van der Waals surface area contributed by atoms with Crippen molar-refractivity contribution < 1.29 is 4.79 Å². The molecule has 2 aromatic rings. The summed E-state index contributed by atoms with van der Waals surface area (Å²) in [4.78, 5) is 19.5. The van der Waals surface area contributed by atoms with Gasteiger partial charge in [0.2, 0.25) is 0 Å². The molecule has 0 aliphatic carbocycles. The average molecular weight is 305 g/mol. The van der Waals surface area contributed by atoms with Gasteiger partial charge in [-0.05, 0) is 13.8 Å². The largest absolute Gasteiger partial charge is 0.329 e. The monoisotopic (exact) mass is 305 g/mol. The molecule has 21 heavy (non-hydrogen) atoms. The van der Waals surface area contributed by atoms with E-state index in [4.69, 9.17) is 0 Å². The second-order valence-electron chi connectivity index (χ2n) is 5.65. The molecule has 0 radical (unpaired) electrons. The normalized spacial score (nSPS) is 14.6. The lowest BCUT2D eigenvalue weighted by Gasteiger charge is -2.28. The standard InChI is InChI=1S/C14H19N5OS/c1-8(2)13-17-16-11-7-18(5-6-19(11)13)14(20)12-9(3)15-10(4)21-12/h8H,5-7H2,1-4H3. The molecule has 0 aromatic carbocycles. The van der Waals surface area contributed by atoms with Crippen molar-refractivity contribution in [1.29, 1.82) is 0 Å². The van der Waals surface area contributed by atoms with Crippen LogP contribution in [-0.2, 0) is 13.1 Å². The summed E-state index contributed by atoms with van der Waals surface area (Å²) in [6.07, 6.45) is 0. The first kappa shape index (κ1) is 14.2. The fourth-order valence-corrected chi connectivity index (χ4v) is 3.54. The number of carbonyl (C=O) groups is 1. The van der Waals surface area contributed by atoms with Crippen LogP contribution in [0.2, 0.25) is 0 Å². The van der Waals surface area contributed by atoms with Gasteiger partial charge in [0.15, 0.2) is 5.82 Å². The van der Waals surface area contributed by atoms with Gasteiger partial charge in [0.05, 0.1) is 17.2 Å². The SMILES string of the molecule is Cc1nc(C)c(C(=O)N2CCn3c(nnc3C(C)C)C2)s1. The van der Waals surface area contributed by atoms with Crippen LogP contribution in [0.25, 0.3) is 0 Å². The van der Waals surface area contributed by atoms with Gasteiger partial charge in [-0.2, -0.15) is 0 Å². The molecule has 0 saturated carbocycles. The van der Waals surface area contributed by atoms with E-state index in [1.165, 1.54) is 11.3 Å². The molecule has 0 unspecified atom stereocenters. The van der Waals surface area contributed by atoms with E-state index in [1.807, 2.05) is 18.7 Å². The van der Waals surface area contributed by atoms with E-state index >= 15 is 0 Å². The first-order valence-electron chi connectivity index (χ1n) is 7.12. The Bertz CT molecular complexity index is 688. The highest BCUT2D eigenvalue weighted by atomic mass is 32.1. The number of aryl methyl sites for hydroxylation is 2. The number of thiazole rings is 1. The molecule has 6 nitrogen and oxygen atoms in total. The summed E-state index contributed by atoms with van der Waals surface area (Å²) in [5, 5.41) is 9.42. The molecule has 1 aliphatic rings. The van der Waals surface area contributed by atoms with Gasteiger partial charge in [0.25, 0.3) is 5.91 Å². The minimum atomic E-state index is 0.0541. The minimum Gasteiger partial charge on any atom is -0.329 e. The molecule has 3 rings (SSSR count). The Balaban J connectivity index is 1.83. The first-order chi connectivity index (χ1) is 9.97. The Morgan fingerprint density at radius 2 is 2.00 bits per heavy atom. The smallest absolute Gasteiger partial charge is 0.266 e. The number of hydrogen-bond donors (Lipinski definition) is 0. The van der Waals surface area contributed by atoms with Crippen molar-refractivity contribution in [2.75, 3.05) is 6.54 Å². The van der Waals surface area contributed by atoms with Gasteiger partial charge in [-0.3, -0.25) is 4.79 Å². The molecule has 0 atom stereocenters. The third kappa shape index (κ3) is 2.46. The van der Waals surface area contributed by atoms with E-state index in [0.717, 1.165) is 33.8 Å². The summed E-state index contributed by atoms with van der Waals surface area (Å²) in [6, 6.07) is 0. The van der Waals surface area contributed by atoms with Crippen LogP contribution in [0.1, 0.15) is 51.8 Å². The van der Waals surface area contributed by atoms with E-state index < -0.39 is 0 Å². The van der Waals surface area contributed by atoms with Crippen molar-refractivity contribution in [3.05, 3.63) is 27.2 Å². The number of amides is 1. The molecule has 0 saturated heterocycles. The van der Waals surface area contributed by atoms with E-state index in [2.05, 4.69) is 33.6 Å². The maximum Gasteiger partial charge on any atom is 0.266 e. The quantitative estimate of drug-likeness (QED) is 0.852. The Hall–Kier alpha value is -1.76. The van der Waals surface area contributed by atoms with Crippen LogP contribution in [-0.4, -0.2) is 37.1 Å².